The summed E-state index contributed by atoms with van der Waals surface area (Å²) in [6.07, 6.45) is 2.53. The molecule has 18 heavy (non-hydrogen) atoms. The van der Waals surface area contributed by atoms with Crippen molar-refractivity contribution in [2.45, 2.75) is 38.5 Å². The molecule has 96 valence electrons. The van der Waals surface area contributed by atoms with Crippen molar-refractivity contribution in [1.29, 1.82) is 0 Å². The van der Waals surface area contributed by atoms with E-state index in [0.29, 0.717) is 12.5 Å². The van der Waals surface area contributed by atoms with E-state index in [1.54, 1.807) is 0 Å². The van der Waals surface area contributed by atoms with Crippen molar-refractivity contribution >= 4 is 10.9 Å². The summed E-state index contributed by atoms with van der Waals surface area (Å²) in [6.45, 7) is 4.07. The maximum Gasteiger partial charge on any atom is 0.168 e. The molecule has 1 heterocycles. The highest BCUT2D eigenvalue weighted by atomic mass is 19.2. The predicted octanol–water partition coefficient (Wildman–Crippen LogP) is 4.20. The van der Waals surface area contributed by atoms with Gasteiger partial charge in [0.1, 0.15) is 5.82 Å². The lowest BCUT2D eigenvalue weighted by Gasteiger charge is -2.29. The van der Waals surface area contributed by atoms with Crippen LogP contribution >= 0.6 is 0 Å². The van der Waals surface area contributed by atoms with Crippen LogP contribution in [0.2, 0.25) is 0 Å². The molecule has 1 nitrogen and oxygen atoms in total. The number of fused-ring (bicyclic) bond motifs is 3. The number of rotatable bonds is 0. The van der Waals surface area contributed by atoms with Crippen LogP contribution in [0.5, 0.6) is 0 Å². The van der Waals surface area contributed by atoms with Gasteiger partial charge in [0.25, 0.3) is 0 Å². The van der Waals surface area contributed by atoms with Crippen LogP contribution in [0.3, 0.4) is 0 Å². The molecular formula is C14H14F3N. The molecule has 1 N–H and O–H groups in total. The molecule has 0 aliphatic heterocycles. The quantitative estimate of drug-likeness (QED) is 0.677. The van der Waals surface area contributed by atoms with Crippen LogP contribution in [0.1, 0.15) is 37.9 Å². The minimum atomic E-state index is -1.12. The first-order chi connectivity index (χ1) is 8.42. The maximum atomic E-state index is 13.9. The van der Waals surface area contributed by atoms with E-state index in [-0.39, 0.29) is 16.3 Å². The molecule has 3 rings (SSSR count). The summed E-state index contributed by atoms with van der Waals surface area (Å²) in [6, 6.07) is 0.604. The third-order valence-corrected chi connectivity index (χ3v) is 3.93. The fraction of sp³-hybridized carbons (Fsp3) is 0.429. The first kappa shape index (κ1) is 11.6. The SMILES string of the molecule is CC1(C)CCCc2c1[nH]c1c(F)cc(F)c(F)c21. The Morgan fingerprint density at radius 2 is 1.89 bits per heavy atom. The fourth-order valence-electron chi connectivity index (χ4n) is 2.99. The van der Waals surface area contributed by atoms with Crippen LogP contribution in [0.25, 0.3) is 10.9 Å². The number of H-pyrrole nitrogens is 1. The molecule has 2 aromatic rings. The number of hydrogen-bond donors (Lipinski definition) is 1. The van der Waals surface area contributed by atoms with E-state index in [2.05, 4.69) is 4.98 Å². The molecule has 0 fully saturated rings. The average Bonchev–Trinajstić information content (AvgIpc) is 2.67. The van der Waals surface area contributed by atoms with Crippen molar-refractivity contribution in [1.82, 2.24) is 4.98 Å². The molecule has 0 saturated heterocycles. The van der Waals surface area contributed by atoms with Crippen LogP contribution in [-0.4, -0.2) is 4.98 Å². The summed E-state index contributed by atoms with van der Waals surface area (Å²) < 4.78 is 40.9. The van der Waals surface area contributed by atoms with Crippen LogP contribution in [-0.2, 0) is 11.8 Å². The molecule has 1 aliphatic rings. The van der Waals surface area contributed by atoms with Gasteiger partial charge in [0.2, 0.25) is 0 Å². The van der Waals surface area contributed by atoms with E-state index in [1.165, 1.54) is 0 Å². The number of halogens is 3. The minimum Gasteiger partial charge on any atom is -0.355 e. The van der Waals surface area contributed by atoms with Gasteiger partial charge in [0.05, 0.1) is 5.52 Å². The number of aryl methyl sites for hydroxylation is 1. The second kappa shape index (κ2) is 3.53. The maximum absolute atomic E-state index is 13.9. The first-order valence-corrected chi connectivity index (χ1v) is 6.10. The summed E-state index contributed by atoms with van der Waals surface area (Å²) in [5.74, 6) is -2.79. The second-order valence-electron chi connectivity index (χ2n) is 5.62. The van der Waals surface area contributed by atoms with Crippen molar-refractivity contribution in [3.63, 3.8) is 0 Å². The van der Waals surface area contributed by atoms with Gasteiger partial charge in [-0.05, 0) is 24.8 Å². The molecule has 1 aliphatic carbocycles. The molecule has 0 saturated carbocycles. The largest absolute Gasteiger partial charge is 0.355 e. The van der Waals surface area contributed by atoms with Crippen molar-refractivity contribution < 1.29 is 13.2 Å². The van der Waals surface area contributed by atoms with Crippen LogP contribution < -0.4 is 0 Å². The molecule has 0 radical (unpaired) electrons. The lowest BCUT2D eigenvalue weighted by Crippen LogP contribution is -2.23. The van der Waals surface area contributed by atoms with Crippen molar-refractivity contribution in [3.05, 3.63) is 34.8 Å². The Morgan fingerprint density at radius 3 is 2.61 bits per heavy atom. The highest BCUT2D eigenvalue weighted by molar-refractivity contribution is 5.86. The van der Waals surface area contributed by atoms with Crippen LogP contribution in [0.4, 0.5) is 13.2 Å². The normalized spacial score (nSPS) is 18.1. The van der Waals surface area contributed by atoms with Gasteiger partial charge in [0.15, 0.2) is 11.6 Å². The molecule has 4 heteroatoms. The lowest BCUT2D eigenvalue weighted by atomic mass is 9.76. The van der Waals surface area contributed by atoms with Gasteiger partial charge in [-0.25, -0.2) is 13.2 Å². The van der Waals surface area contributed by atoms with Gasteiger partial charge in [0, 0.05) is 22.6 Å². The van der Waals surface area contributed by atoms with Gasteiger partial charge in [-0.1, -0.05) is 13.8 Å². The van der Waals surface area contributed by atoms with Gasteiger partial charge in [-0.15, -0.1) is 0 Å². The monoisotopic (exact) mass is 253 g/mol. The van der Waals surface area contributed by atoms with E-state index in [9.17, 15) is 13.2 Å². The minimum absolute atomic E-state index is 0.0916. The zero-order valence-corrected chi connectivity index (χ0v) is 10.3. The molecule has 0 unspecified atom stereocenters. The zero-order valence-electron chi connectivity index (χ0n) is 10.3. The van der Waals surface area contributed by atoms with Crippen molar-refractivity contribution in [2.24, 2.45) is 0 Å². The Balaban J connectivity index is 2.44. The molecular weight excluding hydrogens is 239 g/mol. The van der Waals surface area contributed by atoms with Crippen molar-refractivity contribution in [2.75, 3.05) is 0 Å². The summed E-state index contributed by atoms with van der Waals surface area (Å²) in [4.78, 5) is 2.96. The Bertz CT molecular complexity index is 640. The van der Waals surface area contributed by atoms with Crippen molar-refractivity contribution in [3.8, 4) is 0 Å². The Morgan fingerprint density at radius 1 is 1.17 bits per heavy atom. The van der Waals surface area contributed by atoms with Gasteiger partial charge >= 0.3 is 0 Å². The molecule has 0 bridgehead atoms. The molecule has 1 aromatic carbocycles. The second-order valence-corrected chi connectivity index (χ2v) is 5.62. The number of hydrogen-bond acceptors (Lipinski definition) is 0. The van der Waals surface area contributed by atoms with Gasteiger partial charge in [-0.3, -0.25) is 0 Å². The number of aromatic nitrogens is 1. The Kier molecular flexibility index (Phi) is 2.28. The summed E-state index contributed by atoms with van der Waals surface area (Å²) in [7, 11) is 0. The number of nitrogens with one attached hydrogen (secondary N) is 1. The molecule has 1 aromatic heterocycles. The van der Waals surface area contributed by atoms with Gasteiger partial charge < -0.3 is 4.98 Å². The van der Waals surface area contributed by atoms with E-state index in [1.807, 2.05) is 13.8 Å². The van der Waals surface area contributed by atoms with Crippen LogP contribution in [0.15, 0.2) is 6.07 Å². The Labute approximate surface area is 103 Å². The number of benzene rings is 1. The zero-order chi connectivity index (χ0) is 13.1. The van der Waals surface area contributed by atoms with E-state index >= 15 is 0 Å². The number of aromatic amines is 1. The third-order valence-electron chi connectivity index (χ3n) is 3.93. The summed E-state index contributed by atoms with van der Waals surface area (Å²) in [5.41, 5.74) is 1.51. The first-order valence-electron chi connectivity index (χ1n) is 6.10. The molecule has 0 amide bonds. The highest BCUT2D eigenvalue weighted by Crippen LogP contribution is 2.41. The Hall–Kier alpha value is -1.45. The van der Waals surface area contributed by atoms with Gasteiger partial charge in [-0.2, -0.15) is 0 Å². The van der Waals surface area contributed by atoms with Crippen LogP contribution in [0, 0.1) is 17.5 Å². The average molecular weight is 253 g/mol. The van der Waals surface area contributed by atoms with E-state index < -0.39 is 17.5 Å². The summed E-state index contributed by atoms with van der Waals surface area (Å²) >= 11 is 0. The molecule has 0 atom stereocenters. The predicted molar refractivity (Wildman–Crippen MR) is 64.1 cm³/mol. The third kappa shape index (κ3) is 1.41. The topological polar surface area (TPSA) is 15.8 Å². The van der Waals surface area contributed by atoms with E-state index in [0.717, 1.165) is 24.1 Å². The fourth-order valence-corrected chi connectivity index (χ4v) is 2.99. The highest BCUT2D eigenvalue weighted by Gasteiger charge is 2.32. The standard InChI is InChI=1S/C14H14F3N/c1-14(2)5-3-4-7-10-11(17)8(15)6-9(16)12(10)18-13(7)14/h6,18H,3-5H2,1-2H3. The summed E-state index contributed by atoms with van der Waals surface area (Å²) in [5, 5.41) is 0.0928. The smallest absolute Gasteiger partial charge is 0.168 e. The molecule has 0 spiro atoms. The van der Waals surface area contributed by atoms with E-state index in [4.69, 9.17) is 0 Å². The lowest BCUT2D eigenvalue weighted by molar-refractivity contribution is 0.423.